The average molecular weight is 320 g/mol. The van der Waals surface area contributed by atoms with Crippen LogP contribution >= 0.6 is 11.8 Å². The Hall–Kier alpha value is -2.35. The highest BCUT2D eigenvalue weighted by Crippen LogP contribution is 2.23. The van der Waals surface area contributed by atoms with E-state index in [1.165, 1.54) is 25.9 Å². The van der Waals surface area contributed by atoms with Gasteiger partial charge in [-0.3, -0.25) is 18.7 Å². The number of hydrogen-bond acceptors (Lipinski definition) is 6. The predicted octanol–water partition coefficient (Wildman–Crippen LogP) is 0.425. The molecule has 116 valence electrons. The Morgan fingerprint density at radius 2 is 1.95 bits per heavy atom. The van der Waals surface area contributed by atoms with Gasteiger partial charge in [-0.05, 0) is 19.1 Å². The Morgan fingerprint density at radius 3 is 2.55 bits per heavy atom. The molecule has 2 rings (SSSR count). The second-order valence-electron chi connectivity index (χ2n) is 4.76. The van der Waals surface area contributed by atoms with Gasteiger partial charge >= 0.3 is 5.69 Å². The highest BCUT2D eigenvalue weighted by Gasteiger charge is 2.25. The van der Waals surface area contributed by atoms with Gasteiger partial charge in [-0.1, -0.05) is 17.8 Å². The topological polar surface area (TPSA) is 100.0 Å². The fourth-order valence-corrected chi connectivity index (χ4v) is 2.81. The Morgan fingerprint density at radius 1 is 1.27 bits per heavy atom. The number of thioether (sulfide) groups is 1. The summed E-state index contributed by atoms with van der Waals surface area (Å²) in [4.78, 5) is 40.6. The standard InChI is InChI=1S/C14H16N4O3S/c1-8(22-9-6-4-5-7-16-9)11(19)10-12(15)17(2)14(21)18(3)13(10)20/h4-8H,15H2,1-3H3/t8-/m1/s1. The highest BCUT2D eigenvalue weighted by atomic mass is 32.2. The van der Waals surface area contributed by atoms with E-state index in [4.69, 9.17) is 5.73 Å². The van der Waals surface area contributed by atoms with Gasteiger partial charge in [-0.2, -0.15) is 0 Å². The number of Topliss-reactive ketones (excluding diaryl/α,β-unsaturated/α-hetero) is 1. The number of aromatic nitrogens is 3. The van der Waals surface area contributed by atoms with Crippen molar-refractivity contribution in [3.8, 4) is 0 Å². The first kappa shape index (κ1) is 16.0. The Balaban J connectivity index is 2.42. The third-order valence-corrected chi connectivity index (χ3v) is 4.31. The molecule has 2 heterocycles. The molecule has 7 nitrogen and oxygen atoms in total. The summed E-state index contributed by atoms with van der Waals surface area (Å²) < 4.78 is 1.97. The SMILES string of the molecule is C[C@@H](Sc1ccccn1)C(=O)c1c(N)n(C)c(=O)n(C)c1=O. The van der Waals surface area contributed by atoms with Gasteiger partial charge in [0, 0.05) is 20.3 Å². The number of anilines is 1. The number of carbonyl (C=O) groups excluding carboxylic acids is 1. The van der Waals surface area contributed by atoms with Crippen LogP contribution in [0.3, 0.4) is 0 Å². The molecule has 0 fully saturated rings. The van der Waals surface area contributed by atoms with Crippen LogP contribution < -0.4 is 17.0 Å². The van der Waals surface area contributed by atoms with Crippen LogP contribution in [0.2, 0.25) is 0 Å². The molecule has 0 radical (unpaired) electrons. The van der Waals surface area contributed by atoms with E-state index >= 15 is 0 Å². The highest BCUT2D eigenvalue weighted by molar-refractivity contribution is 8.00. The maximum Gasteiger partial charge on any atom is 0.332 e. The fraction of sp³-hybridized carbons (Fsp3) is 0.286. The van der Waals surface area contributed by atoms with E-state index in [1.54, 1.807) is 25.3 Å². The molecule has 2 aromatic rings. The van der Waals surface area contributed by atoms with Crippen molar-refractivity contribution in [3.05, 3.63) is 50.8 Å². The molecule has 0 saturated heterocycles. The van der Waals surface area contributed by atoms with Crippen molar-refractivity contribution in [1.82, 2.24) is 14.1 Å². The van der Waals surface area contributed by atoms with Gasteiger partial charge in [-0.25, -0.2) is 9.78 Å². The molecule has 1 atom stereocenters. The molecule has 0 unspecified atom stereocenters. The van der Waals surface area contributed by atoms with Gasteiger partial charge < -0.3 is 5.73 Å². The van der Waals surface area contributed by atoms with Gasteiger partial charge in [0.2, 0.25) is 0 Å². The van der Waals surface area contributed by atoms with Crippen LogP contribution in [0.5, 0.6) is 0 Å². The Kier molecular flexibility index (Phi) is 4.51. The Labute approximate surface area is 130 Å². The number of rotatable bonds is 4. The summed E-state index contributed by atoms with van der Waals surface area (Å²) in [7, 11) is 2.74. The number of nitrogens with zero attached hydrogens (tertiary/aromatic N) is 3. The van der Waals surface area contributed by atoms with Crippen LogP contribution in [-0.4, -0.2) is 25.2 Å². The van der Waals surface area contributed by atoms with Crippen molar-refractivity contribution in [2.45, 2.75) is 17.2 Å². The van der Waals surface area contributed by atoms with Gasteiger partial charge in [-0.15, -0.1) is 0 Å². The van der Waals surface area contributed by atoms with Crippen LogP contribution in [0.4, 0.5) is 5.82 Å². The molecule has 0 aliphatic heterocycles. The summed E-state index contributed by atoms with van der Waals surface area (Å²) in [5, 5.41) is 0.117. The number of carbonyl (C=O) groups is 1. The zero-order valence-corrected chi connectivity index (χ0v) is 13.3. The number of nitrogens with two attached hydrogens (primary N) is 1. The van der Waals surface area contributed by atoms with E-state index in [0.29, 0.717) is 5.03 Å². The number of hydrogen-bond donors (Lipinski definition) is 1. The van der Waals surface area contributed by atoms with E-state index in [1.807, 2.05) is 6.07 Å². The van der Waals surface area contributed by atoms with Crippen molar-refractivity contribution >= 4 is 23.4 Å². The number of pyridine rings is 1. The maximum atomic E-state index is 12.5. The molecule has 0 saturated carbocycles. The smallest absolute Gasteiger partial charge is 0.332 e. The van der Waals surface area contributed by atoms with Crippen molar-refractivity contribution in [2.75, 3.05) is 5.73 Å². The predicted molar refractivity (Wildman–Crippen MR) is 85.2 cm³/mol. The van der Waals surface area contributed by atoms with Crippen LogP contribution in [0.25, 0.3) is 0 Å². The van der Waals surface area contributed by atoms with Gasteiger partial charge in [0.1, 0.15) is 11.4 Å². The minimum atomic E-state index is -0.681. The molecular weight excluding hydrogens is 304 g/mol. The first-order valence-electron chi connectivity index (χ1n) is 6.52. The maximum absolute atomic E-state index is 12.5. The molecule has 0 aliphatic rings. The second kappa shape index (κ2) is 6.18. The average Bonchev–Trinajstić information content (AvgIpc) is 2.52. The van der Waals surface area contributed by atoms with Crippen LogP contribution in [-0.2, 0) is 14.1 Å². The molecule has 8 heteroatoms. The number of ketones is 1. The molecule has 0 aliphatic carbocycles. The van der Waals surface area contributed by atoms with Gasteiger partial charge in [0.05, 0.1) is 10.3 Å². The monoisotopic (exact) mass is 320 g/mol. The van der Waals surface area contributed by atoms with E-state index < -0.39 is 22.3 Å². The largest absolute Gasteiger partial charge is 0.384 e. The van der Waals surface area contributed by atoms with Crippen molar-refractivity contribution < 1.29 is 4.79 Å². The van der Waals surface area contributed by atoms with Crippen molar-refractivity contribution in [2.24, 2.45) is 14.1 Å². The molecule has 22 heavy (non-hydrogen) atoms. The zero-order valence-electron chi connectivity index (χ0n) is 12.4. The van der Waals surface area contributed by atoms with E-state index in [-0.39, 0.29) is 11.4 Å². The van der Waals surface area contributed by atoms with Crippen molar-refractivity contribution in [1.29, 1.82) is 0 Å². The van der Waals surface area contributed by atoms with Crippen molar-refractivity contribution in [3.63, 3.8) is 0 Å². The molecular formula is C14H16N4O3S. The molecule has 0 amide bonds. The lowest BCUT2D eigenvalue weighted by Crippen LogP contribution is -2.42. The van der Waals surface area contributed by atoms with E-state index in [2.05, 4.69) is 4.98 Å². The summed E-state index contributed by atoms with van der Waals surface area (Å²) in [5.74, 6) is -0.545. The van der Waals surface area contributed by atoms with Crippen LogP contribution in [0, 0.1) is 0 Å². The minimum Gasteiger partial charge on any atom is -0.384 e. The summed E-state index contributed by atoms with van der Waals surface area (Å²) >= 11 is 1.23. The molecule has 2 aromatic heterocycles. The summed E-state index contributed by atoms with van der Waals surface area (Å²) in [5.41, 5.74) is 4.38. The van der Waals surface area contributed by atoms with E-state index in [9.17, 15) is 14.4 Å². The zero-order chi connectivity index (χ0) is 16.4. The lowest BCUT2D eigenvalue weighted by molar-refractivity contribution is 0.0992. The third kappa shape index (κ3) is 2.82. The molecule has 2 N–H and O–H groups in total. The first-order valence-corrected chi connectivity index (χ1v) is 7.40. The summed E-state index contributed by atoms with van der Waals surface area (Å²) in [6.07, 6.45) is 1.62. The van der Waals surface area contributed by atoms with E-state index in [0.717, 1.165) is 9.13 Å². The normalized spacial score (nSPS) is 12.1. The summed E-state index contributed by atoms with van der Waals surface area (Å²) in [6, 6.07) is 5.36. The first-order chi connectivity index (χ1) is 10.3. The number of nitrogen functional groups attached to an aromatic ring is 1. The lowest BCUT2D eigenvalue weighted by Gasteiger charge is -2.14. The van der Waals surface area contributed by atoms with Crippen LogP contribution in [0.1, 0.15) is 17.3 Å². The molecule has 0 spiro atoms. The Bertz CT molecular complexity index is 826. The minimum absolute atomic E-state index is 0.119. The lowest BCUT2D eigenvalue weighted by atomic mass is 10.1. The van der Waals surface area contributed by atoms with Gasteiger partial charge in [0.15, 0.2) is 5.78 Å². The van der Waals surface area contributed by atoms with Gasteiger partial charge in [0.25, 0.3) is 5.56 Å². The van der Waals surface area contributed by atoms with Crippen LogP contribution in [0.15, 0.2) is 39.0 Å². The third-order valence-electron chi connectivity index (χ3n) is 3.26. The molecule has 0 bridgehead atoms. The molecule has 0 aromatic carbocycles. The second-order valence-corrected chi connectivity index (χ2v) is 6.12. The quantitative estimate of drug-likeness (QED) is 0.647. The summed E-state index contributed by atoms with van der Waals surface area (Å²) in [6.45, 7) is 1.67. The fourth-order valence-electron chi connectivity index (χ4n) is 1.95.